The summed E-state index contributed by atoms with van der Waals surface area (Å²) in [6.07, 6.45) is -2.76. The second kappa shape index (κ2) is 8.37. The van der Waals surface area contributed by atoms with Crippen LogP contribution in [-0.2, 0) is 15.7 Å². The van der Waals surface area contributed by atoms with E-state index in [9.17, 15) is 13.2 Å². The monoisotopic (exact) mass is 410 g/mol. The first-order valence-corrected chi connectivity index (χ1v) is 9.33. The number of pyridine rings is 1. The van der Waals surface area contributed by atoms with E-state index in [1.54, 1.807) is 0 Å². The molecule has 0 aromatic carbocycles. The maximum absolute atomic E-state index is 12.7. The third kappa shape index (κ3) is 4.85. The van der Waals surface area contributed by atoms with Crippen LogP contribution in [0.3, 0.4) is 0 Å². The highest BCUT2D eigenvalue weighted by atomic mass is 19.4. The molecule has 2 aliphatic rings. The van der Waals surface area contributed by atoms with Crippen molar-refractivity contribution in [2.75, 3.05) is 67.7 Å². The summed E-state index contributed by atoms with van der Waals surface area (Å²) in [5, 5.41) is 2.97. The lowest BCUT2D eigenvalue weighted by atomic mass is 10.2. The lowest BCUT2D eigenvalue weighted by Gasteiger charge is -2.32. The van der Waals surface area contributed by atoms with E-state index in [4.69, 9.17) is 9.47 Å². The SMILES string of the molecule is FC(F)(F)c1cnc(Nc2cc(N3CCOCC3)cc(N3CCOCC3)n2)cn1. The first kappa shape index (κ1) is 19.6. The Hall–Kier alpha value is -2.66. The second-order valence-corrected chi connectivity index (χ2v) is 6.68. The molecule has 2 saturated heterocycles. The van der Waals surface area contributed by atoms with E-state index in [1.807, 2.05) is 12.1 Å². The van der Waals surface area contributed by atoms with E-state index >= 15 is 0 Å². The molecule has 0 spiro atoms. The average Bonchev–Trinajstić information content (AvgIpc) is 2.74. The average molecular weight is 410 g/mol. The zero-order valence-corrected chi connectivity index (χ0v) is 15.7. The molecule has 1 N–H and O–H groups in total. The van der Waals surface area contributed by atoms with Gasteiger partial charge in [0.25, 0.3) is 0 Å². The smallest absolute Gasteiger partial charge is 0.378 e. The van der Waals surface area contributed by atoms with Crippen LogP contribution in [-0.4, -0.2) is 67.6 Å². The summed E-state index contributed by atoms with van der Waals surface area (Å²) in [4.78, 5) is 16.2. The van der Waals surface area contributed by atoms with Gasteiger partial charge in [0.2, 0.25) is 0 Å². The predicted molar refractivity (Wildman–Crippen MR) is 101 cm³/mol. The summed E-state index contributed by atoms with van der Waals surface area (Å²) < 4.78 is 48.9. The lowest BCUT2D eigenvalue weighted by Crippen LogP contribution is -2.38. The predicted octanol–water partition coefficient (Wildman–Crippen LogP) is 2.31. The molecule has 11 heteroatoms. The molecule has 2 aromatic heterocycles. The first-order chi connectivity index (χ1) is 14.0. The van der Waals surface area contributed by atoms with Crippen molar-refractivity contribution in [2.24, 2.45) is 0 Å². The van der Waals surface area contributed by atoms with Crippen molar-refractivity contribution in [3.63, 3.8) is 0 Å². The minimum atomic E-state index is -4.52. The van der Waals surface area contributed by atoms with Crippen LogP contribution in [0.2, 0.25) is 0 Å². The molecule has 2 aromatic rings. The number of nitrogens with zero attached hydrogens (tertiary/aromatic N) is 5. The zero-order valence-electron chi connectivity index (χ0n) is 15.7. The maximum Gasteiger partial charge on any atom is 0.434 e. The Kier molecular flexibility index (Phi) is 5.67. The van der Waals surface area contributed by atoms with Gasteiger partial charge in [-0.05, 0) is 0 Å². The highest BCUT2D eigenvalue weighted by molar-refractivity contribution is 5.65. The third-order valence-corrected chi connectivity index (χ3v) is 4.71. The molecule has 156 valence electrons. The minimum Gasteiger partial charge on any atom is -0.378 e. The van der Waals surface area contributed by atoms with Gasteiger partial charge >= 0.3 is 6.18 Å². The summed E-state index contributed by atoms with van der Waals surface area (Å²) in [6.45, 7) is 5.48. The van der Waals surface area contributed by atoms with Gasteiger partial charge in [-0.25, -0.2) is 15.0 Å². The van der Waals surface area contributed by atoms with Crippen LogP contribution in [0.1, 0.15) is 5.69 Å². The number of aromatic nitrogens is 3. The van der Waals surface area contributed by atoms with E-state index < -0.39 is 11.9 Å². The molecule has 0 amide bonds. The van der Waals surface area contributed by atoms with Gasteiger partial charge < -0.3 is 24.6 Å². The summed E-state index contributed by atoms with van der Waals surface area (Å²) in [5.74, 6) is 1.46. The summed E-state index contributed by atoms with van der Waals surface area (Å²) in [6, 6.07) is 3.87. The molecule has 8 nitrogen and oxygen atoms in total. The minimum absolute atomic E-state index is 0.192. The van der Waals surface area contributed by atoms with Crippen molar-refractivity contribution in [2.45, 2.75) is 6.18 Å². The van der Waals surface area contributed by atoms with Gasteiger partial charge in [-0.2, -0.15) is 13.2 Å². The van der Waals surface area contributed by atoms with Crippen LogP contribution in [0, 0.1) is 0 Å². The molecule has 4 rings (SSSR count). The number of ether oxygens (including phenoxy) is 2. The van der Waals surface area contributed by atoms with Gasteiger partial charge in [0, 0.05) is 44.0 Å². The lowest BCUT2D eigenvalue weighted by molar-refractivity contribution is -0.141. The fourth-order valence-electron chi connectivity index (χ4n) is 3.19. The molecule has 0 bridgehead atoms. The van der Waals surface area contributed by atoms with E-state index in [1.165, 1.54) is 0 Å². The molecular formula is C18H21F3N6O2. The van der Waals surface area contributed by atoms with Crippen molar-refractivity contribution < 1.29 is 22.6 Å². The van der Waals surface area contributed by atoms with Crippen molar-refractivity contribution >= 4 is 23.1 Å². The number of nitrogens with one attached hydrogen (secondary N) is 1. The van der Waals surface area contributed by atoms with Gasteiger partial charge in [-0.1, -0.05) is 0 Å². The van der Waals surface area contributed by atoms with Crippen molar-refractivity contribution in [1.82, 2.24) is 15.0 Å². The Morgan fingerprint density at radius 1 is 0.828 bits per heavy atom. The number of morpholine rings is 2. The molecule has 0 radical (unpaired) electrons. The number of halogens is 3. The van der Waals surface area contributed by atoms with Crippen LogP contribution in [0.15, 0.2) is 24.5 Å². The fraction of sp³-hybridized carbons (Fsp3) is 0.500. The van der Waals surface area contributed by atoms with Crippen LogP contribution in [0.5, 0.6) is 0 Å². The van der Waals surface area contributed by atoms with Gasteiger partial charge in [0.15, 0.2) is 5.69 Å². The van der Waals surface area contributed by atoms with Gasteiger partial charge in [0.1, 0.15) is 17.5 Å². The molecular weight excluding hydrogens is 389 g/mol. The highest BCUT2D eigenvalue weighted by Gasteiger charge is 2.32. The van der Waals surface area contributed by atoms with E-state index in [-0.39, 0.29) is 5.82 Å². The van der Waals surface area contributed by atoms with E-state index in [0.29, 0.717) is 38.4 Å². The largest absolute Gasteiger partial charge is 0.434 e. The molecule has 29 heavy (non-hydrogen) atoms. The normalized spacial score (nSPS) is 18.0. The third-order valence-electron chi connectivity index (χ3n) is 4.71. The molecule has 0 saturated carbocycles. The molecule has 0 unspecified atom stereocenters. The molecule has 2 fully saturated rings. The van der Waals surface area contributed by atoms with E-state index in [2.05, 4.69) is 30.1 Å². The van der Waals surface area contributed by atoms with Crippen LogP contribution >= 0.6 is 0 Å². The molecule has 2 aliphatic heterocycles. The molecule has 4 heterocycles. The van der Waals surface area contributed by atoms with Crippen molar-refractivity contribution in [1.29, 1.82) is 0 Å². The van der Waals surface area contributed by atoms with Crippen molar-refractivity contribution in [3.8, 4) is 0 Å². The maximum atomic E-state index is 12.7. The Labute approximate surface area is 165 Å². The summed E-state index contributed by atoms with van der Waals surface area (Å²) in [7, 11) is 0. The molecule has 0 aliphatic carbocycles. The number of rotatable bonds is 4. The van der Waals surface area contributed by atoms with E-state index in [0.717, 1.165) is 43.9 Å². The number of anilines is 4. The highest BCUT2D eigenvalue weighted by Crippen LogP contribution is 2.29. The quantitative estimate of drug-likeness (QED) is 0.823. The molecule has 0 atom stereocenters. The van der Waals surface area contributed by atoms with Gasteiger partial charge in [-0.15, -0.1) is 0 Å². The number of hydrogen-bond acceptors (Lipinski definition) is 8. The summed E-state index contributed by atoms with van der Waals surface area (Å²) in [5.41, 5.74) is -0.0701. The topological polar surface area (TPSA) is 75.6 Å². The van der Waals surface area contributed by atoms with Crippen LogP contribution < -0.4 is 15.1 Å². The van der Waals surface area contributed by atoms with Crippen LogP contribution in [0.4, 0.5) is 36.3 Å². The second-order valence-electron chi connectivity index (χ2n) is 6.68. The number of hydrogen-bond donors (Lipinski definition) is 1. The fourth-order valence-corrected chi connectivity index (χ4v) is 3.19. The Morgan fingerprint density at radius 2 is 1.48 bits per heavy atom. The number of alkyl halides is 3. The standard InChI is InChI=1S/C18H21F3N6O2/c19-18(20,21)14-11-23-16(12-22-14)24-15-9-13(26-1-5-28-6-2-26)10-17(25-15)27-3-7-29-8-4-27/h9-12H,1-8H2,(H,23,24,25). The van der Waals surface area contributed by atoms with Gasteiger partial charge in [-0.3, -0.25) is 0 Å². The Bertz CT molecular complexity index is 785. The zero-order chi connectivity index (χ0) is 20.3. The summed E-state index contributed by atoms with van der Waals surface area (Å²) >= 11 is 0. The van der Waals surface area contributed by atoms with Crippen LogP contribution in [0.25, 0.3) is 0 Å². The van der Waals surface area contributed by atoms with Gasteiger partial charge in [0.05, 0.1) is 38.8 Å². The first-order valence-electron chi connectivity index (χ1n) is 9.33. The van der Waals surface area contributed by atoms with Crippen molar-refractivity contribution in [3.05, 3.63) is 30.2 Å². The Morgan fingerprint density at radius 3 is 2.07 bits per heavy atom. The Balaban J connectivity index is 1.60.